The van der Waals surface area contributed by atoms with Gasteiger partial charge in [-0.05, 0) is 75.2 Å². The Kier molecular flexibility index (Phi) is 7.04. The summed E-state index contributed by atoms with van der Waals surface area (Å²) < 4.78 is 4.80. The molecule has 61 heavy (non-hydrogen) atoms. The number of hydrogen-bond acceptors (Lipinski definition) is 2. The lowest BCUT2D eigenvalue weighted by atomic mass is 9.82. The normalized spacial score (nSPS) is 13.2. The van der Waals surface area contributed by atoms with Crippen LogP contribution in [0, 0.1) is 0 Å². The third-order valence-electron chi connectivity index (χ3n) is 13.3. The van der Waals surface area contributed by atoms with Gasteiger partial charge in [-0.3, -0.25) is 4.57 Å². The third-order valence-corrected chi connectivity index (χ3v) is 13.3. The van der Waals surface area contributed by atoms with Gasteiger partial charge in [0.05, 0.1) is 39.0 Å². The molecular weight excluding hydrogens is 741 g/mol. The van der Waals surface area contributed by atoms with E-state index < -0.39 is 0 Å². The van der Waals surface area contributed by atoms with Crippen molar-refractivity contribution in [2.45, 2.75) is 19.3 Å². The largest absolute Gasteiger partial charge is 0.309 e. The maximum absolute atomic E-state index is 5.60. The second-order valence-corrected chi connectivity index (χ2v) is 17.0. The summed E-state index contributed by atoms with van der Waals surface area (Å²) in [7, 11) is 0. The monoisotopic (exact) mass is 778 g/mol. The van der Waals surface area contributed by atoms with Crippen molar-refractivity contribution in [2.75, 3.05) is 0 Å². The molecule has 0 fully saturated rings. The van der Waals surface area contributed by atoms with Crippen molar-refractivity contribution >= 4 is 65.3 Å². The molecule has 4 nitrogen and oxygen atoms in total. The van der Waals surface area contributed by atoms with Crippen LogP contribution in [0.4, 0.5) is 0 Å². The Labute approximate surface area is 352 Å². The van der Waals surface area contributed by atoms with E-state index in [0.717, 1.165) is 38.9 Å². The topological polar surface area (TPSA) is 35.6 Å². The minimum absolute atomic E-state index is 0.161. The van der Waals surface area contributed by atoms with Crippen LogP contribution >= 0.6 is 0 Å². The SMILES string of the molecule is CC1(C)c2ccccc2-c2cc3c(cc21)c1c2ccccc2c(-n2c4ccccc4c4ccccc42)cc1n3-c1nc(-c2ccc(-c3ccccc3)cc2)c2ccccc2n1. The van der Waals surface area contributed by atoms with Gasteiger partial charge in [0.1, 0.15) is 0 Å². The zero-order valence-electron chi connectivity index (χ0n) is 33.8. The molecule has 286 valence electrons. The average Bonchev–Trinajstić information content (AvgIpc) is 3.90. The maximum Gasteiger partial charge on any atom is 0.235 e. The first kappa shape index (κ1) is 34.1. The van der Waals surface area contributed by atoms with Crippen LogP contribution in [-0.2, 0) is 5.41 Å². The fourth-order valence-corrected chi connectivity index (χ4v) is 10.5. The molecule has 12 aromatic rings. The third kappa shape index (κ3) is 4.82. The van der Waals surface area contributed by atoms with E-state index in [4.69, 9.17) is 9.97 Å². The summed E-state index contributed by atoms with van der Waals surface area (Å²) in [5.74, 6) is 0.648. The summed E-state index contributed by atoms with van der Waals surface area (Å²) in [5, 5.41) is 8.29. The molecule has 0 amide bonds. The molecule has 0 radical (unpaired) electrons. The van der Waals surface area contributed by atoms with Gasteiger partial charge in [0.15, 0.2) is 0 Å². The van der Waals surface area contributed by atoms with E-state index in [1.54, 1.807) is 0 Å². The van der Waals surface area contributed by atoms with Gasteiger partial charge in [-0.25, -0.2) is 9.97 Å². The molecule has 3 heterocycles. The summed E-state index contributed by atoms with van der Waals surface area (Å²) in [6.07, 6.45) is 0. The van der Waals surface area contributed by atoms with Crippen molar-refractivity contribution in [3.05, 3.63) is 205 Å². The summed E-state index contributed by atoms with van der Waals surface area (Å²) >= 11 is 0. The zero-order valence-corrected chi connectivity index (χ0v) is 33.8. The fourth-order valence-electron chi connectivity index (χ4n) is 10.5. The highest BCUT2D eigenvalue weighted by Crippen LogP contribution is 2.52. The van der Waals surface area contributed by atoms with E-state index in [1.165, 1.54) is 76.7 Å². The minimum Gasteiger partial charge on any atom is -0.309 e. The molecule has 1 aliphatic rings. The highest BCUT2D eigenvalue weighted by molar-refractivity contribution is 6.24. The predicted octanol–water partition coefficient (Wildman–Crippen LogP) is 14.6. The van der Waals surface area contributed by atoms with Crippen molar-refractivity contribution in [1.82, 2.24) is 19.1 Å². The Morgan fingerprint density at radius 2 is 0.967 bits per heavy atom. The summed E-state index contributed by atoms with van der Waals surface area (Å²) in [6, 6.07) is 70.4. The number of para-hydroxylation sites is 3. The molecule has 0 bridgehead atoms. The molecule has 9 aromatic carbocycles. The second-order valence-electron chi connectivity index (χ2n) is 17.0. The lowest BCUT2D eigenvalue weighted by molar-refractivity contribution is 0.661. The van der Waals surface area contributed by atoms with Crippen LogP contribution in [-0.4, -0.2) is 19.1 Å². The van der Waals surface area contributed by atoms with Crippen molar-refractivity contribution < 1.29 is 0 Å². The maximum atomic E-state index is 5.60. The van der Waals surface area contributed by atoms with Gasteiger partial charge in [0.2, 0.25) is 5.95 Å². The van der Waals surface area contributed by atoms with Gasteiger partial charge in [-0.1, -0.05) is 172 Å². The quantitative estimate of drug-likeness (QED) is 0.178. The average molecular weight is 779 g/mol. The lowest BCUT2D eigenvalue weighted by Crippen LogP contribution is -2.14. The van der Waals surface area contributed by atoms with Crippen LogP contribution in [0.5, 0.6) is 0 Å². The number of benzene rings is 9. The smallest absolute Gasteiger partial charge is 0.235 e. The van der Waals surface area contributed by atoms with Crippen LogP contribution in [0.25, 0.3) is 110 Å². The van der Waals surface area contributed by atoms with E-state index in [1.807, 2.05) is 0 Å². The van der Waals surface area contributed by atoms with E-state index >= 15 is 0 Å². The predicted molar refractivity (Wildman–Crippen MR) is 254 cm³/mol. The molecule has 0 N–H and O–H groups in total. The van der Waals surface area contributed by atoms with Gasteiger partial charge in [0.25, 0.3) is 0 Å². The number of fused-ring (bicyclic) bond motifs is 12. The first-order valence-corrected chi connectivity index (χ1v) is 21.1. The number of rotatable bonds is 4. The zero-order chi connectivity index (χ0) is 40.4. The Morgan fingerprint density at radius 3 is 1.72 bits per heavy atom. The van der Waals surface area contributed by atoms with Crippen LogP contribution in [0.1, 0.15) is 25.0 Å². The number of aromatic nitrogens is 4. The van der Waals surface area contributed by atoms with Crippen molar-refractivity contribution in [1.29, 1.82) is 0 Å². The van der Waals surface area contributed by atoms with Crippen LogP contribution < -0.4 is 0 Å². The van der Waals surface area contributed by atoms with Crippen LogP contribution in [0.2, 0.25) is 0 Å². The van der Waals surface area contributed by atoms with E-state index in [0.29, 0.717) is 5.95 Å². The molecule has 4 heteroatoms. The summed E-state index contributed by atoms with van der Waals surface area (Å²) in [6.45, 7) is 4.73. The molecular formula is C57H38N4. The summed E-state index contributed by atoms with van der Waals surface area (Å²) in [4.78, 5) is 11.1. The highest BCUT2D eigenvalue weighted by atomic mass is 15.2. The molecule has 1 aliphatic carbocycles. The van der Waals surface area contributed by atoms with Crippen molar-refractivity contribution in [2.24, 2.45) is 0 Å². The standard InChI is InChI=1S/C57H38N4/c1-57(2)46-24-12-8-18-38(46)44-33-51-45(32-47(44)57)54-42-22-7-6-21-41(42)52(60-49-26-14-10-19-39(49)40-20-11-15-27-50(40)60)34-53(54)61(51)56-58-48-25-13-9-23-43(48)55(59-56)37-30-28-36(29-31-37)35-16-4-3-5-17-35/h3-34H,1-2H3. The highest BCUT2D eigenvalue weighted by Gasteiger charge is 2.36. The molecule has 0 unspecified atom stereocenters. The van der Waals surface area contributed by atoms with Crippen LogP contribution in [0.3, 0.4) is 0 Å². The Bertz CT molecular complexity index is 3720. The van der Waals surface area contributed by atoms with E-state index in [-0.39, 0.29) is 5.41 Å². The molecule has 0 saturated carbocycles. The van der Waals surface area contributed by atoms with Gasteiger partial charge >= 0.3 is 0 Å². The van der Waals surface area contributed by atoms with Crippen LogP contribution in [0.15, 0.2) is 194 Å². The van der Waals surface area contributed by atoms with Crippen molar-refractivity contribution in [3.63, 3.8) is 0 Å². The van der Waals surface area contributed by atoms with Crippen molar-refractivity contribution in [3.8, 4) is 45.1 Å². The molecule has 0 saturated heterocycles. The Balaban J connectivity index is 1.17. The molecule has 0 spiro atoms. The van der Waals surface area contributed by atoms with E-state index in [9.17, 15) is 0 Å². The summed E-state index contributed by atoms with van der Waals surface area (Å²) in [5.41, 5.74) is 16.0. The molecule has 13 rings (SSSR count). The van der Waals surface area contributed by atoms with E-state index in [2.05, 4.69) is 217 Å². The second kappa shape index (κ2) is 12.6. The number of nitrogens with zero attached hydrogens (tertiary/aromatic N) is 4. The van der Waals surface area contributed by atoms with Gasteiger partial charge in [-0.2, -0.15) is 0 Å². The first-order chi connectivity index (χ1) is 30.0. The lowest BCUT2D eigenvalue weighted by Gasteiger charge is -2.21. The number of hydrogen-bond donors (Lipinski definition) is 0. The van der Waals surface area contributed by atoms with Gasteiger partial charge in [-0.15, -0.1) is 0 Å². The molecule has 0 atom stereocenters. The molecule has 0 aliphatic heterocycles. The van der Waals surface area contributed by atoms with Gasteiger partial charge < -0.3 is 4.57 Å². The first-order valence-electron chi connectivity index (χ1n) is 21.1. The fraction of sp³-hybridized carbons (Fsp3) is 0.0526. The van der Waals surface area contributed by atoms with Gasteiger partial charge in [0, 0.05) is 43.3 Å². The Morgan fingerprint density at radius 1 is 0.377 bits per heavy atom. The Hall–Kier alpha value is -7.82. The minimum atomic E-state index is -0.161. The molecule has 3 aromatic heterocycles.